The first-order valence-electron chi connectivity index (χ1n) is 8.81. The van der Waals surface area contributed by atoms with Crippen LogP contribution in [0.4, 0.5) is 5.69 Å². The lowest BCUT2D eigenvalue weighted by molar-refractivity contribution is -0.112. The molecule has 0 aliphatic carbocycles. The molecule has 3 aromatic rings. The zero-order valence-electron chi connectivity index (χ0n) is 15.5. The van der Waals surface area contributed by atoms with Gasteiger partial charge in [0.15, 0.2) is 0 Å². The average Bonchev–Trinajstić information content (AvgIpc) is 2.74. The van der Waals surface area contributed by atoms with Crippen LogP contribution in [0.1, 0.15) is 11.1 Å². The van der Waals surface area contributed by atoms with Gasteiger partial charge in [0.25, 0.3) is 5.91 Å². The summed E-state index contributed by atoms with van der Waals surface area (Å²) in [6, 6.07) is 21.3. The summed E-state index contributed by atoms with van der Waals surface area (Å²) in [4.78, 5) is 12.5. The van der Waals surface area contributed by atoms with Crippen LogP contribution in [0.15, 0.2) is 76.8 Å². The van der Waals surface area contributed by atoms with Crippen LogP contribution in [0.25, 0.3) is 6.08 Å². The van der Waals surface area contributed by atoms with E-state index in [1.54, 1.807) is 48.5 Å². The lowest BCUT2D eigenvalue weighted by Gasteiger charge is -2.11. The highest BCUT2D eigenvalue weighted by atomic mass is 79.9. The van der Waals surface area contributed by atoms with Crippen LogP contribution in [0.2, 0.25) is 10.0 Å². The summed E-state index contributed by atoms with van der Waals surface area (Å²) >= 11 is 15.6. The molecule has 0 bridgehead atoms. The summed E-state index contributed by atoms with van der Waals surface area (Å²) < 4.78 is 6.77. The van der Waals surface area contributed by atoms with E-state index in [1.807, 2.05) is 24.3 Å². The Labute approximate surface area is 192 Å². The number of hydrogen-bond acceptors (Lipinski definition) is 3. The SMILES string of the molecule is N#C/C(=C\c1cc(Cl)ccc1OCc1ccccc1Cl)C(=O)Nc1ccc(Br)cc1. The molecular weight excluding hydrogens is 487 g/mol. The standard InChI is InChI=1S/C23H15BrCl2N2O2/c24-18-5-8-20(9-6-18)28-23(29)17(13-27)11-16-12-19(25)7-10-22(16)30-14-15-3-1-2-4-21(15)26/h1-12H,14H2,(H,28,29)/b17-11+. The normalized spacial score (nSPS) is 10.9. The first kappa shape index (κ1) is 21.9. The minimum absolute atomic E-state index is 0.0808. The number of hydrogen-bond donors (Lipinski definition) is 1. The van der Waals surface area contributed by atoms with Gasteiger partial charge in [-0.2, -0.15) is 5.26 Å². The van der Waals surface area contributed by atoms with Crippen molar-refractivity contribution < 1.29 is 9.53 Å². The monoisotopic (exact) mass is 500 g/mol. The van der Waals surface area contributed by atoms with Gasteiger partial charge in [0, 0.05) is 31.3 Å². The first-order valence-corrected chi connectivity index (χ1v) is 10.4. The Balaban J connectivity index is 1.83. The molecular formula is C23H15BrCl2N2O2. The molecule has 3 rings (SSSR count). The van der Waals surface area contributed by atoms with Gasteiger partial charge < -0.3 is 10.1 Å². The molecule has 0 aromatic heterocycles. The summed E-state index contributed by atoms with van der Waals surface area (Å²) in [7, 11) is 0. The third-order valence-electron chi connectivity index (χ3n) is 4.08. The van der Waals surface area contributed by atoms with E-state index in [1.165, 1.54) is 6.08 Å². The van der Waals surface area contributed by atoms with Crippen LogP contribution in [0, 0.1) is 11.3 Å². The van der Waals surface area contributed by atoms with Crippen LogP contribution in [0.5, 0.6) is 5.75 Å². The second kappa shape index (κ2) is 10.3. The molecule has 0 radical (unpaired) electrons. The number of rotatable bonds is 6. The van der Waals surface area contributed by atoms with Gasteiger partial charge in [0.2, 0.25) is 0 Å². The molecule has 150 valence electrons. The Bertz CT molecular complexity index is 1140. The van der Waals surface area contributed by atoms with E-state index in [0.717, 1.165) is 10.0 Å². The predicted octanol–water partition coefficient (Wildman–Crippen LogP) is 6.88. The third kappa shape index (κ3) is 5.87. The van der Waals surface area contributed by atoms with Gasteiger partial charge >= 0.3 is 0 Å². The molecule has 0 unspecified atom stereocenters. The quantitative estimate of drug-likeness (QED) is 0.295. The van der Waals surface area contributed by atoms with Gasteiger partial charge in [-0.25, -0.2) is 0 Å². The zero-order valence-corrected chi connectivity index (χ0v) is 18.6. The number of anilines is 1. The Morgan fingerprint density at radius 1 is 1.10 bits per heavy atom. The second-order valence-corrected chi connectivity index (χ2v) is 7.95. The molecule has 7 heteroatoms. The van der Waals surface area contributed by atoms with Gasteiger partial charge in [-0.3, -0.25) is 4.79 Å². The van der Waals surface area contributed by atoms with Crippen LogP contribution >= 0.6 is 39.1 Å². The van der Waals surface area contributed by atoms with Crippen molar-refractivity contribution in [2.24, 2.45) is 0 Å². The van der Waals surface area contributed by atoms with E-state index in [-0.39, 0.29) is 12.2 Å². The van der Waals surface area contributed by atoms with Crippen molar-refractivity contribution in [1.82, 2.24) is 0 Å². The summed E-state index contributed by atoms with van der Waals surface area (Å²) in [6.07, 6.45) is 1.45. The van der Waals surface area contributed by atoms with Gasteiger partial charge in [0.1, 0.15) is 24.0 Å². The number of carbonyl (C=O) groups excluding carboxylic acids is 1. The van der Waals surface area contributed by atoms with Crippen molar-refractivity contribution >= 4 is 56.8 Å². The Morgan fingerprint density at radius 3 is 2.53 bits per heavy atom. The minimum Gasteiger partial charge on any atom is -0.488 e. The maximum absolute atomic E-state index is 12.5. The lowest BCUT2D eigenvalue weighted by atomic mass is 10.1. The van der Waals surface area contributed by atoms with Crippen molar-refractivity contribution in [2.45, 2.75) is 6.61 Å². The number of benzene rings is 3. The Morgan fingerprint density at radius 2 is 1.83 bits per heavy atom. The summed E-state index contributed by atoms with van der Waals surface area (Å²) in [5.74, 6) is -0.0552. The number of nitrogens with zero attached hydrogens (tertiary/aromatic N) is 1. The average molecular weight is 502 g/mol. The molecule has 0 saturated heterocycles. The van der Waals surface area contributed by atoms with E-state index in [2.05, 4.69) is 21.2 Å². The summed E-state index contributed by atoms with van der Waals surface area (Å²) in [5.41, 5.74) is 1.82. The van der Waals surface area contributed by atoms with Crippen molar-refractivity contribution in [1.29, 1.82) is 5.26 Å². The largest absolute Gasteiger partial charge is 0.488 e. The minimum atomic E-state index is -0.531. The smallest absolute Gasteiger partial charge is 0.266 e. The number of ether oxygens (including phenoxy) is 1. The van der Waals surface area contributed by atoms with Gasteiger partial charge in [-0.15, -0.1) is 0 Å². The van der Waals surface area contributed by atoms with Crippen molar-refractivity contribution in [3.05, 3.63) is 97.9 Å². The second-order valence-electron chi connectivity index (χ2n) is 6.19. The fourth-order valence-electron chi connectivity index (χ4n) is 2.57. The maximum atomic E-state index is 12.5. The van der Waals surface area contributed by atoms with Crippen LogP contribution in [-0.2, 0) is 11.4 Å². The van der Waals surface area contributed by atoms with Crippen LogP contribution < -0.4 is 10.1 Å². The van der Waals surface area contributed by atoms with E-state index in [9.17, 15) is 10.1 Å². The topological polar surface area (TPSA) is 62.1 Å². The molecule has 0 heterocycles. The number of carbonyl (C=O) groups is 1. The number of nitriles is 1. The predicted molar refractivity (Wildman–Crippen MR) is 124 cm³/mol. The molecule has 0 atom stereocenters. The summed E-state index contributed by atoms with van der Waals surface area (Å²) in [5, 5.41) is 13.3. The van der Waals surface area contributed by atoms with Crippen molar-refractivity contribution in [3.63, 3.8) is 0 Å². The highest BCUT2D eigenvalue weighted by Gasteiger charge is 2.12. The fraction of sp³-hybridized carbons (Fsp3) is 0.0435. The molecule has 0 saturated carbocycles. The lowest BCUT2D eigenvalue weighted by Crippen LogP contribution is -2.13. The number of amides is 1. The Hall–Kier alpha value is -2.78. The van der Waals surface area contributed by atoms with E-state index in [0.29, 0.717) is 27.0 Å². The third-order valence-corrected chi connectivity index (χ3v) is 5.21. The molecule has 0 aliphatic heterocycles. The Kier molecular flexibility index (Phi) is 7.53. The van der Waals surface area contributed by atoms with Gasteiger partial charge in [-0.1, -0.05) is 57.3 Å². The summed E-state index contributed by atoms with van der Waals surface area (Å²) in [6.45, 7) is 0.231. The molecule has 0 fully saturated rings. The van der Waals surface area contributed by atoms with Crippen molar-refractivity contribution in [2.75, 3.05) is 5.32 Å². The number of halogens is 3. The molecule has 4 nitrogen and oxygen atoms in total. The van der Waals surface area contributed by atoms with E-state index < -0.39 is 5.91 Å². The van der Waals surface area contributed by atoms with Gasteiger partial charge in [-0.05, 0) is 54.6 Å². The molecule has 0 aliphatic rings. The van der Waals surface area contributed by atoms with Crippen LogP contribution in [0.3, 0.4) is 0 Å². The fourth-order valence-corrected chi connectivity index (χ4v) is 3.21. The maximum Gasteiger partial charge on any atom is 0.266 e. The van der Waals surface area contributed by atoms with Gasteiger partial charge in [0.05, 0.1) is 0 Å². The first-order chi connectivity index (χ1) is 14.5. The number of nitrogens with one attached hydrogen (secondary N) is 1. The van der Waals surface area contributed by atoms with Crippen molar-refractivity contribution in [3.8, 4) is 11.8 Å². The van der Waals surface area contributed by atoms with Crippen LogP contribution in [-0.4, -0.2) is 5.91 Å². The van der Waals surface area contributed by atoms with E-state index >= 15 is 0 Å². The highest BCUT2D eigenvalue weighted by molar-refractivity contribution is 9.10. The molecule has 1 amide bonds. The molecule has 0 spiro atoms. The molecule has 30 heavy (non-hydrogen) atoms. The zero-order chi connectivity index (χ0) is 21.5. The molecule has 3 aromatic carbocycles. The molecule has 1 N–H and O–H groups in total. The van der Waals surface area contributed by atoms with E-state index in [4.69, 9.17) is 27.9 Å². The highest BCUT2D eigenvalue weighted by Crippen LogP contribution is 2.27.